The number of fused-ring (bicyclic) bond motifs is 7. The Bertz CT molecular complexity index is 4390. The van der Waals surface area contributed by atoms with Crippen LogP contribution in [0.3, 0.4) is 0 Å². The summed E-state index contributed by atoms with van der Waals surface area (Å²) in [5, 5.41) is 6.50. The van der Waals surface area contributed by atoms with Crippen molar-refractivity contribution in [3.8, 4) is 85.0 Å². The molecule has 0 fully saturated rings. The SMILES string of the molecule is c1ccc(-c2ccc3c(c2)c2cc(-c4ccccc4)ccc2n3-c2cccc(-c3nc(-c4ccc5ccc(-c6nc7ccccc7o6)cc5c4)nc(-c4ccc5ccc(-c6nc7ccccc7o6)cc5c4)n3)c2)cc1. The minimum absolute atomic E-state index is 0.550. The second-order valence-electron chi connectivity index (χ2n) is 18.9. The molecule has 11 aromatic carbocycles. The summed E-state index contributed by atoms with van der Waals surface area (Å²) < 4.78 is 14.8. The van der Waals surface area contributed by atoms with Crippen LogP contribution in [-0.2, 0) is 0 Å². The summed E-state index contributed by atoms with van der Waals surface area (Å²) in [4.78, 5) is 25.5. The van der Waals surface area contributed by atoms with Gasteiger partial charge in [0, 0.05) is 44.3 Å². The van der Waals surface area contributed by atoms with Gasteiger partial charge >= 0.3 is 0 Å². The fraction of sp³-hybridized carbons (Fsp3) is 0. The maximum absolute atomic E-state index is 6.20. The minimum atomic E-state index is 0.550. The molecular weight excluding hydrogens is 921 g/mol. The minimum Gasteiger partial charge on any atom is -0.436 e. The predicted octanol–water partition coefficient (Wildman–Crippen LogP) is 17.2. The molecule has 15 aromatic rings. The fourth-order valence-electron chi connectivity index (χ4n) is 10.5. The Morgan fingerprint density at radius 2 is 0.667 bits per heavy atom. The molecule has 0 saturated heterocycles. The van der Waals surface area contributed by atoms with Crippen molar-refractivity contribution in [2.24, 2.45) is 0 Å². The van der Waals surface area contributed by atoms with E-state index in [9.17, 15) is 0 Å². The third kappa shape index (κ3) is 7.51. The summed E-state index contributed by atoms with van der Waals surface area (Å²) >= 11 is 0. The van der Waals surface area contributed by atoms with Gasteiger partial charge < -0.3 is 13.4 Å². The van der Waals surface area contributed by atoms with E-state index in [2.05, 4.69) is 199 Å². The van der Waals surface area contributed by atoms with Crippen LogP contribution in [0.4, 0.5) is 0 Å². The molecular formula is C67H40N6O2. The number of benzene rings is 11. The zero-order valence-corrected chi connectivity index (χ0v) is 40.1. The molecule has 8 nitrogen and oxygen atoms in total. The van der Waals surface area contributed by atoms with Crippen LogP contribution in [-0.4, -0.2) is 29.5 Å². The number of nitrogens with zero attached hydrogens (tertiary/aromatic N) is 6. The van der Waals surface area contributed by atoms with E-state index < -0.39 is 0 Å². The van der Waals surface area contributed by atoms with Crippen molar-refractivity contribution in [3.63, 3.8) is 0 Å². The van der Waals surface area contributed by atoms with Crippen LogP contribution in [0, 0.1) is 0 Å². The largest absolute Gasteiger partial charge is 0.436 e. The number of oxazole rings is 2. The monoisotopic (exact) mass is 960 g/mol. The van der Waals surface area contributed by atoms with Crippen LogP contribution >= 0.6 is 0 Å². The first-order valence-corrected chi connectivity index (χ1v) is 24.9. The lowest BCUT2D eigenvalue weighted by Gasteiger charge is -2.12. The molecule has 15 rings (SSSR count). The summed E-state index contributed by atoms with van der Waals surface area (Å²) in [5.41, 5.74) is 15.3. The van der Waals surface area contributed by atoms with Gasteiger partial charge in [-0.25, -0.2) is 24.9 Å². The van der Waals surface area contributed by atoms with Gasteiger partial charge in [0.2, 0.25) is 11.8 Å². The van der Waals surface area contributed by atoms with Gasteiger partial charge in [-0.3, -0.25) is 0 Å². The molecule has 0 aliphatic heterocycles. The van der Waals surface area contributed by atoms with Crippen LogP contribution < -0.4 is 0 Å². The highest BCUT2D eigenvalue weighted by Crippen LogP contribution is 2.39. The molecule has 0 aliphatic rings. The maximum Gasteiger partial charge on any atom is 0.227 e. The molecule has 4 aromatic heterocycles. The van der Waals surface area contributed by atoms with E-state index in [0.717, 1.165) is 88.3 Å². The van der Waals surface area contributed by atoms with Crippen LogP contribution in [0.5, 0.6) is 0 Å². The summed E-state index contributed by atoms with van der Waals surface area (Å²) in [7, 11) is 0. The molecule has 4 heterocycles. The van der Waals surface area contributed by atoms with Crippen molar-refractivity contribution in [2.45, 2.75) is 0 Å². The summed E-state index contributed by atoms with van der Waals surface area (Å²) in [6, 6.07) is 84.1. The first-order chi connectivity index (χ1) is 37.1. The van der Waals surface area contributed by atoms with Crippen molar-refractivity contribution < 1.29 is 8.83 Å². The van der Waals surface area contributed by atoms with Crippen molar-refractivity contribution in [1.82, 2.24) is 29.5 Å². The van der Waals surface area contributed by atoms with Crippen molar-refractivity contribution in [1.29, 1.82) is 0 Å². The molecule has 8 heteroatoms. The summed E-state index contributed by atoms with van der Waals surface area (Å²) in [6.07, 6.45) is 0. The van der Waals surface area contributed by atoms with Crippen LogP contribution in [0.25, 0.3) is 151 Å². The average molecular weight is 961 g/mol. The number of para-hydroxylation sites is 4. The first kappa shape index (κ1) is 42.4. The van der Waals surface area contributed by atoms with Crippen LogP contribution in [0.1, 0.15) is 0 Å². The van der Waals surface area contributed by atoms with E-state index in [1.165, 1.54) is 33.0 Å². The van der Waals surface area contributed by atoms with Crippen molar-refractivity contribution >= 4 is 65.6 Å². The molecule has 0 aliphatic carbocycles. The topological polar surface area (TPSA) is 95.7 Å². The first-order valence-electron chi connectivity index (χ1n) is 24.9. The molecule has 350 valence electrons. The van der Waals surface area contributed by atoms with Gasteiger partial charge in [0.25, 0.3) is 0 Å². The molecule has 0 radical (unpaired) electrons. The molecule has 0 atom stereocenters. The van der Waals surface area contributed by atoms with E-state index in [0.29, 0.717) is 29.3 Å². The number of hydrogen-bond donors (Lipinski definition) is 0. The van der Waals surface area contributed by atoms with Gasteiger partial charge in [-0.15, -0.1) is 0 Å². The number of hydrogen-bond acceptors (Lipinski definition) is 7. The van der Waals surface area contributed by atoms with Crippen molar-refractivity contribution in [2.75, 3.05) is 0 Å². The molecule has 0 spiro atoms. The highest BCUT2D eigenvalue weighted by atomic mass is 16.4. The lowest BCUT2D eigenvalue weighted by Crippen LogP contribution is -2.01. The number of aromatic nitrogens is 6. The Kier molecular flexibility index (Phi) is 9.71. The van der Waals surface area contributed by atoms with E-state index in [-0.39, 0.29) is 0 Å². The van der Waals surface area contributed by atoms with Gasteiger partial charge in [-0.05, 0) is 141 Å². The van der Waals surface area contributed by atoms with Gasteiger partial charge in [0.1, 0.15) is 11.0 Å². The zero-order chi connectivity index (χ0) is 49.4. The lowest BCUT2D eigenvalue weighted by atomic mass is 10.0. The smallest absolute Gasteiger partial charge is 0.227 e. The average Bonchev–Trinajstić information content (AvgIpc) is 4.25. The lowest BCUT2D eigenvalue weighted by molar-refractivity contribution is 0.619. The second-order valence-corrected chi connectivity index (χ2v) is 18.9. The van der Waals surface area contributed by atoms with Crippen LogP contribution in [0.2, 0.25) is 0 Å². The van der Waals surface area contributed by atoms with Gasteiger partial charge in [-0.1, -0.05) is 146 Å². The maximum atomic E-state index is 6.20. The third-order valence-electron chi connectivity index (χ3n) is 14.3. The van der Waals surface area contributed by atoms with E-state index in [1.54, 1.807) is 0 Å². The van der Waals surface area contributed by atoms with Crippen LogP contribution in [0.15, 0.2) is 251 Å². The molecule has 75 heavy (non-hydrogen) atoms. The van der Waals surface area contributed by atoms with Gasteiger partial charge in [-0.2, -0.15) is 0 Å². The molecule has 0 amide bonds. The summed E-state index contributed by atoms with van der Waals surface area (Å²) in [6.45, 7) is 0. The molecule has 0 N–H and O–H groups in total. The Hall–Kier alpha value is -10.3. The Morgan fingerprint density at radius 1 is 0.267 bits per heavy atom. The number of rotatable bonds is 8. The third-order valence-corrected chi connectivity index (χ3v) is 14.3. The zero-order valence-electron chi connectivity index (χ0n) is 40.1. The van der Waals surface area contributed by atoms with Gasteiger partial charge in [0.05, 0.1) is 11.0 Å². The Labute approximate surface area is 429 Å². The van der Waals surface area contributed by atoms with E-state index >= 15 is 0 Å². The normalized spacial score (nSPS) is 11.7. The quantitative estimate of drug-likeness (QED) is 0.150. The van der Waals surface area contributed by atoms with Crippen molar-refractivity contribution in [3.05, 3.63) is 243 Å². The Balaban J connectivity index is 0.889. The van der Waals surface area contributed by atoms with E-state index in [4.69, 9.17) is 33.8 Å². The second kappa shape index (κ2) is 17.2. The standard InChI is InChI=1S/C67H40N6O2/c1-3-12-41(13-4-1)45-30-32-59-55(39-45)56-40-46(42-14-5-2-6-15-42)31-33-60(56)73(59)54-17-11-16-47(38-54)63-70-64(48-26-22-43-24-28-50(36-52(43)34-48)66-68-57-18-7-9-20-61(57)74-66)72-65(71-63)49-27-23-44-25-29-51(37-53(44)35-49)67-69-58-19-8-10-21-62(58)75-67/h1-40H. The molecule has 0 unspecified atom stereocenters. The Morgan fingerprint density at radius 3 is 1.15 bits per heavy atom. The predicted molar refractivity (Wildman–Crippen MR) is 302 cm³/mol. The highest BCUT2D eigenvalue weighted by Gasteiger charge is 2.19. The van der Waals surface area contributed by atoms with Gasteiger partial charge in [0.15, 0.2) is 28.6 Å². The highest BCUT2D eigenvalue weighted by molar-refractivity contribution is 6.12. The fourth-order valence-corrected chi connectivity index (χ4v) is 10.5. The molecule has 0 saturated carbocycles. The summed E-state index contributed by atoms with van der Waals surface area (Å²) in [5.74, 6) is 2.79. The van der Waals surface area contributed by atoms with E-state index in [1.807, 2.05) is 48.5 Å². The molecule has 0 bridgehead atoms.